The summed E-state index contributed by atoms with van der Waals surface area (Å²) >= 11 is 0. The Morgan fingerprint density at radius 2 is 1.64 bits per heavy atom. The molecule has 3 aromatic rings. The molecular weight excluding hydrogens is 384 g/mol. The zero-order chi connectivity index (χ0) is 20.1. The average Bonchev–Trinajstić information content (AvgIpc) is 2.65. The van der Waals surface area contributed by atoms with Crippen molar-refractivity contribution < 1.29 is 27.9 Å². The fourth-order valence-electron chi connectivity index (χ4n) is 3.09. The highest BCUT2D eigenvalue weighted by atomic mass is 32.2. The number of carboxylic acids is 1. The number of carboxylic acid groups (broad SMARTS) is 1. The van der Waals surface area contributed by atoms with Gasteiger partial charge in [-0.25, -0.2) is 13.2 Å². The summed E-state index contributed by atoms with van der Waals surface area (Å²) in [5.74, 6) is -2.41. The Labute approximate surface area is 158 Å². The van der Waals surface area contributed by atoms with Gasteiger partial charge in [-0.15, -0.1) is 0 Å². The number of imide groups is 1. The predicted molar refractivity (Wildman–Crippen MR) is 100.0 cm³/mol. The van der Waals surface area contributed by atoms with Crippen molar-refractivity contribution in [3.05, 3.63) is 71.3 Å². The molecule has 0 bridgehead atoms. The number of amides is 2. The molecule has 2 amide bonds. The van der Waals surface area contributed by atoms with Gasteiger partial charge >= 0.3 is 5.97 Å². The first kappa shape index (κ1) is 17.7. The molecule has 140 valence electrons. The highest BCUT2D eigenvalue weighted by Gasteiger charge is 2.27. The molecule has 0 spiro atoms. The fraction of sp³-hybridized carbons (Fsp3) is 0. The average molecular weight is 396 g/mol. The molecule has 0 saturated heterocycles. The molecule has 4 rings (SSSR count). The molecule has 3 N–H and O–H groups in total. The standard InChI is InChI=1S/C19H12N2O6S/c22-17-14-6-2-3-10-8-13(9-15(16(10)14)18(23)20-17)28(26,27)21-12-5-1-4-11(7-12)19(24)25/h1-9,21H,(H,24,25)(H,20,22,23). The lowest BCUT2D eigenvalue weighted by atomic mass is 9.95. The summed E-state index contributed by atoms with van der Waals surface area (Å²) in [6, 6.07) is 12.7. The Hall–Kier alpha value is -3.72. The van der Waals surface area contributed by atoms with Gasteiger partial charge in [-0.1, -0.05) is 18.2 Å². The van der Waals surface area contributed by atoms with E-state index in [0.717, 1.165) is 0 Å². The van der Waals surface area contributed by atoms with E-state index in [1.807, 2.05) is 0 Å². The van der Waals surface area contributed by atoms with Gasteiger partial charge in [0, 0.05) is 22.2 Å². The van der Waals surface area contributed by atoms with Crippen molar-refractivity contribution in [3.63, 3.8) is 0 Å². The van der Waals surface area contributed by atoms with Gasteiger partial charge in [0.1, 0.15) is 0 Å². The minimum absolute atomic E-state index is 0.0713. The number of carbonyl (C=O) groups excluding carboxylic acids is 2. The van der Waals surface area contributed by atoms with Gasteiger partial charge in [0.25, 0.3) is 21.8 Å². The van der Waals surface area contributed by atoms with Gasteiger partial charge in [-0.2, -0.15) is 0 Å². The third kappa shape index (κ3) is 2.87. The van der Waals surface area contributed by atoms with E-state index in [9.17, 15) is 22.8 Å². The van der Waals surface area contributed by atoms with Crippen molar-refractivity contribution in [2.45, 2.75) is 4.90 Å². The van der Waals surface area contributed by atoms with Crippen LogP contribution in [0.15, 0.2) is 59.5 Å². The molecule has 1 aliphatic heterocycles. The van der Waals surface area contributed by atoms with Crippen molar-refractivity contribution in [2.75, 3.05) is 4.72 Å². The van der Waals surface area contributed by atoms with E-state index >= 15 is 0 Å². The largest absolute Gasteiger partial charge is 0.478 e. The first-order valence-electron chi connectivity index (χ1n) is 8.05. The smallest absolute Gasteiger partial charge is 0.335 e. The Morgan fingerprint density at radius 3 is 2.39 bits per heavy atom. The molecule has 28 heavy (non-hydrogen) atoms. The number of benzene rings is 3. The summed E-state index contributed by atoms with van der Waals surface area (Å²) in [7, 11) is -4.11. The zero-order valence-electron chi connectivity index (χ0n) is 14.1. The summed E-state index contributed by atoms with van der Waals surface area (Å²) < 4.78 is 27.9. The van der Waals surface area contributed by atoms with Crippen LogP contribution in [0.25, 0.3) is 10.8 Å². The Bertz CT molecular complexity index is 1300. The van der Waals surface area contributed by atoms with Crippen LogP contribution in [0.4, 0.5) is 5.69 Å². The first-order chi connectivity index (χ1) is 13.3. The van der Waals surface area contributed by atoms with Gasteiger partial charge in [0.2, 0.25) is 0 Å². The van der Waals surface area contributed by atoms with Crippen LogP contribution < -0.4 is 10.0 Å². The number of hydrogen-bond acceptors (Lipinski definition) is 5. The van der Waals surface area contributed by atoms with Crippen molar-refractivity contribution in [1.29, 1.82) is 0 Å². The Balaban J connectivity index is 1.83. The highest BCUT2D eigenvalue weighted by Crippen LogP contribution is 2.30. The molecule has 0 saturated carbocycles. The second-order valence-electron chi connectivity index (χ2n) is 6.15. The molecule has 3 aromatic carbocycles. The molecule has 0 unspecified atom stereocenters. The van der Waals surface area contributed by atoms with Crippen molar-refractivity contribution >= 4 is 44.3 Å². The maximum atomic E-state index is 12.8. The fourth-order valence-corrected chi connectivity index (χ4v) is 4.20. The van der Waals surface area contributed by atoms with Gasteiger partial charge in [-0.3, -0.25) is 19.6 Å². The predicted octanol–water partition coefficient (Wildman–Crippen LogP) is 2.22. The van der Waals surface area contributed by atoms with E-state index in [1.54, 1.807) is 18.2 Å². The van der Waals surface area contributed by atoms with Crippen LogP contribution >= 0.6 is 0 Å². The molecule has 0 aliphatic carbocycles. The van der Waals surface area contributed by atoms with Gasteiger partial charge in [0.05, 0.1) is 10.5 Å². The van der Waals surface area contributed by atoms with Crippen LogP contribution in [0.3, 0.4) is 0 Å². The van der Waals surface area contributed by atoms with Crippen LogP contribution in [0.1, 0.15) is 31.1 Å². The lowest BCUT2D eigenvalue weighted by molar-refractivity contribution is 0.0695. The highest BCUT2D eigenvalue weighted by molar-refractivity contribution is 7.92. The van der Waals surface area contributed by atoms with E-state index in [4.69, 9.17) is 5.11 Å². The second kappa shape index (κ2) is 6.17. The summed E-state index contributed by atoms with van der Waals surface area (Å²) in [6.07, 6.45) is 0. The zero-order valence-corrected chi connectivity index (χ0v) is 14.9. The number of carbonyl (C=O) groups is 3. The number of nitrogens with one attached hydrogen (secondary N) is 2. The molecule has 0 radical (unpaired) electrons. The summed E-state index contributed by atoms with van der Waals surface area (Å²) in [5, 5.41) is 12.1. The van der Waals surface area contributed by atoms with E-state index in [2.05, 4.69) is 10.0 Å². The third-order valence-corrected chi connectivity index (χ3v) is 5.70. The maximum Gasteiger partial charge on any atom is 0.335 e. The first-order valence-corrected chi connectivity index (χ1v) is 9.53. The maximum absolute atomic E-state index is 12.8. The molecule has 1 heterocycles. The summed E-state index contributed by atoms with van der Waals surface area (Å²) in [5.41, 5.74) is 0.365. The minimum atomic E-state index is -4.11. The second-order valence-corrected chi connectivity index (χ2v) is 7.83. The Morgan fingerprint density at radius 1 is 0.929 bits per heavy atom. The molecule has 0 atom stereocenters. The number of hydrogen-bond donors (Lipinski definition) is 3. The van der Waals surface area contributed by atoms with Crippen LogP contribution in [-0.4, -0.2) is 31.3 Å². The van der Waals surface area contributed by atoms with Crippen LogP contribution in [0.2, 0.25) is 0 Å². The number of aromatic carboxylic acids is 1. The van der Waals surface area contributed by atoms with E-state index in [0.29, 0.717) is 10.8 Å². The van der Waals surface area contributed by atoms with Crippen LogP contribution in [0.5, 0.6) is 0 Å². The van der Waals surface area contributed by atoms with E-state index in [1.165, 1.54) is 36.4 Å². The molecule has 0 fully saturated rings. The normalized spacial score (nSPS) is 13.3. The third-order valence-electron chi connectivity index (χ3n) is 4.34. The quantitative estimate of drug-likeness (QED) is 0.580. The molecule has 8 nitrogen and oxygen atoms in total. The number of anilines is 1. The lowest BCUT2D eigenvalue weighted by Gasteiger charge is -2.18. The van der Waals surface area contributed by atoms with Crippen molar-refractivity contribution in [2.24, 2.45) is 0 Å². The van der Waals surface area contributed by atoms with Crippen molar-refractivity contribution in [1.82, 2.24) is 5.32 Å². The van der Waals surface area contributed by atoms with E-state index in [-0.39, 0.29) is 27.3 Å². The van der Waals surface area contributed by atoms with Gasteiger partial charge in [-0.05, 0) is 41.8 Å². The molecule has 1 aliphatic rings. The Kier molecular flexibility index (Phi) is 3.90. The number of rotatable bonds is 4. The van der Waals surface area contributed by atoms with Gasteiger partial charge < -0.3 is 5.11 Å². The van der Waals surface area contributed by atoms with Crippen molar-refractivity contribution in [3.8, 4) is 0 Å². The van der Waals surface area contributed by atoms with Gasteiger partial charge in [0.15, 0.2) is 0 Å². The van der Waals surface area contributed by atoms with Crippen LogP contribution in [0, 0.1) is 0 Å². The topological polar surface area (TPSA) is 130 Å². The molecule has 9 heteroatoms. The summed E-state index contributed by atoms with van der Waals surface area (Å²) in [6.45, 7) is 0. The van der Waals surface area contributed by atoms with Crippen LogP contribution in [-0.2, 0) is 10.0 Å². The SMILES string of the molecule is O=C(O)c1cccc(NS(=O)(=O)c2cc3c4c(cccc4c2)C(=O)NC3=O)c1. The molecule has 0 aromatic heterocycles. The minimum Gasteiger partial charge on any atom is -0.478 e. The molecular formula is C19H12N2O6S. The lowest BCUT2D eigenvalue weighted by Crippen LogP contribution is -2.34. The monoisotopic (exact) mass is 396 g/mol. The number of sulfonamides is 1. The summed E-state index contributed by atoms with van der Waals surface area (Å²) in [4.78, 5) is 35.1. The van der Waals surface area contributed by atoms with E-state index < -0.39 is 27.8 Å².